The summed E-state index contributed by atoms with van der Waals surface area (Å²) in [5.41, 5.74) is 0. The van der Waals surface area contributed by atoms with E-state index in [9.17, 15) is 4.79 Å². The van der Waals surface area contributed by atoms with Gasteiger partial charge >= 0.3 is 0 Å². The van der Waals surface area contributed by atoms with Gasteiger partial charge in [-0.3, -0.25) is 9.48 Å². The number of likely N-dealkylation sites (N-methyl/N-ethyl adjacent to an activating group) is 1. The van der Waals surface area contributed by atoms with Crippen LogP contribution >= 0.6 is 11.3 Å². The van der Waals surface area contributed by atoms with E-state index in [-0.39, 0.29) is 11.9 Å². The zero-order valence-electron chi connectivity index (χ0n) is 9.91. The highest BCUT2D eigenvalue weighted by Gasteiger charge is 2.18. The molecule has 0 aliphatic heterocycles. The molecule has 90 valence electrons. The third-order valence-corrected chi connectivity index (χ3v) is 3.83. The molecule has 0 aromatic carbocycles. The second kappa shape index (κ2) is 5.14. The lowest BCUT2D eigenvalue weighted by Crippen LogP contribution is -2.32. The second-order valence-corrected chi connectivity index (χ2v) is 4.88. The van der Waals surface area contributed by atoms with Crippen LogP contribution in [0.5, 0.6) is 0 Å². The Balaban J connectivity index is 2.00. The minimum atomic E-state index is 0.0644. The molecule has 0 saturated carbocycles. The van der Waals surface area contributed by atoms with Crippen LogP contribution in [0.1, 0.15) is 17.8 Å². The van der Waals surface area contributed by atoms with E-state index in [0.29, 0.717) is 6.54 Å². The largest absolute Gasteiger partial charge is 0.337 e. The maximum Gasteiger partial charge on any atom is 0.244 e. The van der Waals surface area contributed by atoms with Crippen LogP contribution in [0.2, 0.25) is 0 Å². The number of carbonyl (C=O) groups excluding carboxylic acids is 1. The van der Waals surface area contributed by atoms with Crippen molar-refractivity contribution in [3.8, 4) is 0 Å². The minimum Gasteiger partial charge on any atom is -0.337 e. The number of aromatic nitrogens is 2. The molecule has 2 rings (SSSR count). The van der Waals surface area contributed by atoms with Gasteiger partial charge in [0.05, 0.1) is 6.04 Å². The predicted octanol–water partition coefficient (Wildman–Crippen LogP) is 2.16. The van der Waals surface area contributed by atoms with Crippen LogP contribution < -0.4 is 0 Å². The number of carbonyl (C=O) groups is 1. The van der Waals surface area contributed by atoms with Gasteiger partial charge in [-0.15, -0.1) is 11.3 Å². The summed E-state index contributed by atoms with van der Waals surface area (Å²) in [5, 5.41) is 6.06. The van der Waals surface area contributed by atoms with Gasteiger partial charge in [0.2, 0.25) is 5.91 Å². The molecule has 2 aromatic heterocycles. The number of rotatable bonds is 4. The zero-order valence-corrected chi connectivity index (χ0v) is 10.7. The van der Waals surface area contributed by atoms with E-state index in [2.05, 4.69) is 5.10 Å². The molecule has 4 nitrogen and oxygen atoms in total. The molecule has 0 N–H and O–H groups in total. The Bertz CT molecular complexity index is 464. The van der Waals surface area contributed by atoms with Crippen LogP contribution in [-0.2, 0) is 11.3 Å². The van der Waals surface area contributed by atoms with Crippen molar-refractivity contribution >= 4 is 17.2 Å². The van der Waals surface area contributed by atoms with Gasteiger partial charge in [-0.2, -0.15) is 5.10 Å². The van der Waals surface area contributed by atoms with E-state index in [1.807, 2.05) is 37.6 Å². The lowest BCUT2D eigenvalue weighted by molar-refractivity contribution is -0.132. The molecular formula is C12H15N3OS. The lowest BCUT2D eigenvalue weighted by Gasteiger charge is -2.24. The van der Waals surface area contributed by atoms with Gasteiger partial charge in [0.15, 0.2) is 0 Å². The lowest BCUT2D eigenvalue weighted by atomic mass is 10.2. The third-order valence-electron chi connectivity index (χ3n) is 2.79. The Labute approximate surface area is 104 Å². The van der Waals surface area contributed by atoms with Crippen LogP contribution in [0.15, 0.2) is 36.0 Å². The van der Waals surface area contributed by atoms with Crippen LogP contribution in [0.3, 0.4) is 0 Å². The molecule has 0 aliphatic rings. The van der Waals surface area contributed by atoms with Crippen molar-refractivity contribution in [2.45, 2.75) is 19.5 Å². The minimum absolute atomic E-state index is 0.0644. The molecule has 0 fully saturated rings. The Morgan fingerprint density at radius 3 is 3.00 bits per heavy atom. The van der Waals surface area contributed by atoms with Crippen molar-refractivity contribution in [1.29, 1.82) is 0 Å². The molecule has 2 heterocycles. The van der Waals surface area contributed by atoms with Crippen LogP contribution in [0.4, 0.5) is 0 Å². The molecule has 5 heteroatoms. The number of nitrogens with zero attached hydrogens (tertiary/aromatic N) is 3. The standard InChI is InChI=1S/C12H15N3OS/c1-10(11-5-3-8-17-11)14(2)12(16)9-15-7-4-6-13-15/h3-8,10H,9H2,1-2H3/t10-/m1/s1. The molecular weight excluding hydrogens is 234 g/mol. The van der Waals surface area contributed by atoms with Gasteiger partial charge in [-0.05, 0) is 24.4 Å². The molecule has 0 spiro atoms. The highest BCUT2D eigenvalue weighted by atomic mass is 32.1. The first-order valence-electron chi connectivity index (χ1n) is 5.45. The van der Waals surface area contributed by atoms with Crippen LogP contribution in [-0.4, -0.2) is 27.6 Å². The average Bonchev–Trinajstić information content (AvgIpc) is 2.99. The maximum absolute atomic E-state index is 12.0. The summed E-state index contributed by atoms with van der Waals surface area (Å²) < 4.78 is 1.64. The van der Waals surface area contributed by atoms with Gasteiger partial charge < -0.3 is 4.90 Å². The first-order valence-corrected chi connectivity index (χ1v) is 6.33. The number of hydrogen-bond donors (Lipinski definition) is 0. The number of amides is 1. The predicted molar refractivity (Wildman–Crippen MR) is 67.7 cm³/mol. The molecule has 2 aromatic rings. The SMILES string of the molecule is C[C@H](c1cccs1)N(C)C(=O)Cn1cccn1. The Morgan fingerprint density at radius 1 is 1.59 bits per heavy atom. The van der Waals surface area contributed by atoms with E-state index in [1.165, 1.54) is 4.88 Å². The van der Waals surface area contributed by atoms with Crippen LogP contribution in [0.25, 0.3) is 0 Å². The van der Waals surface area contributed by atoms with Gasteiger partial charge in [-0.1, -0.05) is 6.07 Å². The zero-order chi connectivity index (χ0) is 12.3. The summed E-state index contributed by atoms with van der Waals surface area (Å²) in [6.45, 7) is 2.33. The Hall–Kier alpha value is -1.62. The first kappa shape index (κ1) is 11.9. The fourth-order valence-corrected chi connectivity index (χ4v) is 2.41. The summed E-state index contributed by atoms with van der Waals surface area (Å²) in [4.78, 5) is 15.0. The number of thiophene rings is 1. The van der Waals surface area contributed by atoms with Gasteiger partial charge in [0.1, 0.15) is 6.54 Å². The number of hydrogen-bond acceptors (Lipinski definition) is 3. The molecule has 1 amide bonds. The van der Waals surface area contributed by atoms with Gasteiger partial charge in [0.25, 0.3) is 0 Å². The normalized spacial score (nSPS) is 12.4. The summed E-state index contributed by atoms with van der Waals surface area (Å²) in [6, 6.07) is 5.98. The van der Waals surface area contributed by atoms with E-state index in [4.69, 9.17) is 0 Å². The topological polar surface area (TPSA) is 38.1 Å². The van der Waals surface area contributed by atoms with E-state index < -0.39 is 0 Å². The van der Waals surface area contributed by atoms with E-state index >= 15 is 0 Å². The fourth-order valence-electron chi connectivity index (χ4n) is 1.58. The second-order valence-electron chi connectivity index (χ2n) is 3.90. The maximum atomic E-state index is 12.0. The molecule has 0 unspecified atom stereocenters. The monoisotopic (exact) mass is 249 g/mol. The average molecular weight is 249 g/mol. The molecule has 0 saturated heterocycles. The summed E-state index contributed by atoms with van der Waals surface area (Å²) in [7, 11) is 1.83. The summed E-state index contributed by atoms with van der Waals surface area (Å²) in [5.74, 6) is 0.0644. The van der Waals surface area contributed by atoms with Gasteiger partial charge in [-0.25, -0.2) is 0 Å². The Kier molecular flexibility index (Phi) is 3.58. The quantitative estimate of drug-likeness (QED) is 0.833. The molecule has 17 heavy (non-hydrogen) atoms. The van der Waals surface area contributed by atoms with Crippen molar-refractivity contribution in [1.82, 2.24) is 14.7 Å². The summed E-state index contributed by atoms with van der Waals surface area (Å²) in [6.07, 6.45) is 3.47. The van der Waals surface area contributed by atoms with Crippen molar-refractivity contribution in [2.75, 3.05) is 7.05 Å². The van der Waals surface area contributed by atoms with E-state index in [1.54, 1.807) is 33.3 Å². The van der Waals surface area contributed by atoms with Crippen molar-refractivity contribution in [3.05, 3.63) is 40.8 Å². The molecule has 0 bridgehead atoms. The third kappa shape index (κ3) is 2.74. The highest BCUT2D eigenvalue weighted by molar-refractivity contribution is 7.10. The molecule has 1 atom stereocenters. The van der Waals surface area contributed by atoms with Crippen LogP contribution in [0, 0.1) is 0 Å². The Morgan fingerprint density at radius 2 is 2.41 bits per heavy atom. The van der Waals surface area contributed by atoms with Crippen molar-refractivity contribution < 1.29 is 4.79 Å². The molecule has 0 aliphatic carbocycles. The van der Waals surface area contributed by atoms with Crippen molar-refractivity contribution in [2.24, 2.45) is 0 Å². The summed E-state index contributed by atoms with van der Waals surface area (Å²) >= 11 is 1.67. The first-order chi connectivity index (χ1) is 8.18. The van der Waals surface area contributed by atoms with Gasteiger partial charge in [0, 0.05) is 24.3 Å². The molecule has 0 radical (unpaired) electrons. The fraction of sp³-hybridized carbons (Fsp3) is 0.333. The smallest absolute Gasteiger partial charge is 0.244 e. The highest BCUT2D eigenvalue weighted by Crippen LogP contribution is 2.23. The van der Waals surface area contributed by atoms with Crippen molar-refractivity contribution in [3.63, 3.8) is 0 Å². The van der Waals surface area contributed by atoms with E-state index in [0.717, 1.165) is 0 Å².